The normalized spacial score (nSPS) is 31.6. The smallest absolute Gasteiger partial charge is 0.268 e. The maximum absolute atomic E-state index is 11.8. The van der Waals surface area contributed by atoms with E-state index in [-0.39, 0.29) is 11.3 Å². The van der Waals surface area contributed by atoms with Crippen molar-refractivity contribution in [1.29, 1.82) is 0 Å². The molecule has 0 bridgehead atoms. The van der Waals surface area contributed by atoms with E-state index in [2.05, 4.69) is 13.8 Å². The first kappa shape index (κ1) is 10.7. The van der Waals surface area contributed by atoms with Crippen LogP contribution in [-0.4, -0.2) is 17.9 Å². The number of carbonyl (C=O) groups excluding carboxylic acids is 1. The Morgan fingerprint density at radius 2 is 2.20 bits per heavy atom. The maximum atomic E-state index is 11.8. The Balaban J connectivity index is 2.59. The second kappa shape index (κ2) is 3.38. The van der Waals surface area contributed by atoms with E-state index in [9.17, 15) is 4.79 Å². The first-order valence-electron chi connectivity index (χ1n) is 5.32. The molecule has 82 valence electrons. The predicted molar refractivity (Wildman–Crippen MR) is 61.4 cm³/mol. The summed E-state index contributed by atoms with van der Waals surface area (Å²) >= 11 is 5.97. The molecule has 1 atom stereocenters. The van der Waals surface area contributed by atoms with Crippen molar-refractivity contribution in [2.24, 2.45) is 5.41 Å². The summed E-state index contributed by atoms with van der Waals surface area (Å²) in [5, 5.41) is 0.360. The van der Waals surface area contributed by atoms with Gasteiger partial charge in [0.1, 0.15) is 5.03 Å². The number of hydrogen-bond acceptors (Lipinski definition) is 1. The highest BCUT2D eigenvalue weighted by Gasteiger charge is 2.40. The fourth-order valence-electron chi connectivity index (χ4n) is 2.86. The lowest BCUT2D eigenvalue weighted by Gasteiger charge is -2.42. The first-order valence-corrected chi connectivity index (χ1v) is 5.70. The molecular weight excluding hydrogens is 210 g/mol. The maximum Gasteiger partial charge on any atom is 0.268 e. The van der Waals surface area contributed by atoms with Crippen LogP contribution in [0.25, 0.3) is 0 Å². The van der Waals surface area contributed by atoms with E-state index in [1.807, 2.05) is 13.1 Å². The zero-order chi connectivity index (χ0) is 11.2. The Hall–Kier alpha value is -0.760. The number of carbonyl (C=O) groups is 1. The highest BCUT2D eigenvalue weighted by molar-refractivity contribution is 6.42. The summed E-state index contributed by atoms with van der Waals surface area (Å²) in [6.45, 7) is 4.28. The van der Waals surface area contributed by atoms with E-state index in [0.717, 1.165) is 18.5 Å². The lowest BCUT2D eigenvalue weighted by Crippen LogP contribution is -2.41. The van der Waals surface area contributed by atoms with Gasteiger partial charge in [0.05, 0.1) is 0 Å². The molecule has 1 heterocycles. The van der Waals surface area contributed by atoms with Crippen molar-refractivity contribution in [3.63, 3.8) is 0 Å². The Morgan fingerprint density at radius 3 is 2.87 bits per heavy atom. The minimum Gasteiger partial charge on any atom is -0.314 e. The molecule has 0 N–H and O–H groups in total. The third-order valence-corrected chi connectivity index (χ3v) is 3.75. The average Bonchev–Trinajstić information content (AvgIpc) is 2.13. The monoisotopic (exact) mass is 225 g/mol. The van der Waals surface area contributed by atoms with E-state index in [4.69, 9.17) is 11.6 Å². The molecule has 2 nitrogen and oxygen atoms in total. The van der Waals surface area contributed by atoms with Gasteiger partial charge in [-0.25, -0.2) is 0 Å². The van der Waals surface area contributed by atoms with Crippen LogP contribution in [0.3, 0.4) is 0 Å². The third-order valence-electron chi connectivity index (χ3n) is 3.48. The molecule has 0 radical (unpaired) electrons. The van der Waals surface area contributed by atoms with Crippen LogP contribution in [0.1, 0.15) is 33.1 Å². The van der Waals surface area contributed by atoms with Crippen LogP contribution < -0.4 is 0 Å². The van der Waals surface area contributed by atoms with Crippen LogP contribution in [0.2, 0.25) is 0 Å². The van der Waals surface area contributed by atoms with Gasteiger partial charge in [0.2, 0.25) is 0 Å². The van der Waals surface area contributed by atoms with Crippen molar-refractivity contribution in [3.05, 3.63) is 22.4 Å². The SMILES string of the molecule is CC1=C2N(C)C(=O)C(Cl)=CC2(C)CCC1. The molecule has 2 rings (SSSR count). The number of allylic oxidation sites excluding steroid dienone is 2. The summed E-state index contributed by atoms with van der Waals surface area (Å²) in [6, 6.07) is 0. The van der Waals surface area contributed by atoms with Crippen molar-refractivity contribution in [3.8, 4) is 0 Å². The molecule has 3 heteroatoms. The number of hydrogen-bond donors (Lipinski definition) is 0. The molecule has 0 fully saturated rings. The summed E-state index contributed by atoms with van der Waals surface area (Å²) in [4.78, 5) is 13.5. The summed E-state index contributed by atoms with van der Waals surface area (Å²) in [6.07, 6.45) is 5.27. The topological polar surface area (TPSA) is 20.3 Å². The number of nitrogens with zero attached hydrogens (tertiary/aromatic N) is 1. The second-order valence-electron chi connectivity index (χ2n) is 4.76. The number of rotatable bonds is 0. The predicted octanol–water partition coefficient (Wildman–Crippen LogP) is 3.05. The summed E-state index contributed by atoms with van der Waals surface area (Å²) in [5.41, 5.74) is 2.44. The molecule has 0 saturated carbocycles. The van der Waals surface area contributed by atoms with Gasteiger partial charge in [0.15, 0.2) is 0 Å². The Bertz CT molecular complexity index is 383. The number of halogens is 1. The van der Waals surface area contributed by atoms with Gasteiger partial charge in [0, 0.05) is 18.2 Å². The van der Waals surface area contributed by atoms with Gasteiger partial charge >= 0.3 is 0 Å². The fourth-order valence-corrected chi connectivity index (χ4v) is 3.23. The molecule has 1 unspecified atom stereocenters. The largest absolute Gasteiger partial charge is 0.314 e. The summed E-state index contributed by atoms with van der Waals surface area (Å²) in [5.74, 6) is -0.0783. The van der Waals surface area contributed by atoms with Crippen molar-refractivity contribution in [2.45, 2.75) is 33.1 Å². The van der Waals surface area contributed by atoms with E-state index in [0.29, 0.717) is 5.03 Å². The molecule has 15 heavy (non-hydrogen) atoms. The zero-order valence-electron chi connectivity index (χ0n) is 9.43. The molecule has 0 saturated heterocycles. The van der Waals surface area contributed by atoms with E-state index < -0.39 is 0 Å². The standard InChI is InChI=1S/C12H16ClNO/c1-8-5-4-6-12(2)7-9(13)11(15)14(3)10(8)12/h7H,4-6H2,1-3H3. The van der Waals surface area contributed by atoms with E-state index >= 15 is 0 Å². The van der Waals surface area contributed by atoms with Crippen molar-refractivity contribution in [2.75, 3.05) is 7.05 Å². The Labute approximate surface area is 95.6 Å². The van der Waals surface area contributed by atoms with Crippen molar-refractivity contribution >= 4 is 17.5 Å². The zero-order valence-corrected chi connectivity index (χ0v) is 10.2. The van der Waals surface area contributed by atoms with Gasteiger partial charge in [0.25, 0.3) is 5.91 Å². The quantitative estimate of drug-likeness (QED) is 0.621. The van der Waals surface area contributed by atoms with E-state index in [1.54, 1.807) is 4.90 Å². The van der Waals surface area contributed by atoms with Crippen LogP contribution in [0.15, 0.2) is 22.4 Å². The molecule has 0 spiro atoms. The molecule has 0 aromatic heterocycles. The van der Waals surface area contributed by atoms with Crippen LogP contribution in [0.5, 0.6) is 0 Å². The second-order valence-corrected chi connectivity index (χ2v) is 5.16. The van der Waals surface area contributed by atoms with Gasteiger partial charge < -0.3 is 4.90 Å². The molecule has 0 aromatic carbocycles. The Morgan fingerprint density at radius 1 is 1.53 bits per heavy atom. The van der Waals surface area contributed by atoms with Gasteiger partial charge in [-0.05, 0) is 32.3 Å². The highest BCUT2D eigenvalue weighted by Crippen LogP contribution is 2.46. The minimum atomic E-state index is -0.0783. The molecule has 1 aliphatic heterocycles. The molecule has 0 aromatic rings. The van der Waals surface area contributed by atoms with Crippen LogP contribution in [0, 0.1) is 5.41 Å². The van der Waals surface area contributed by atoms with E-state index in [1.165, 1.54) is 12.0 Å². The molecule has 1 amide bonds. The first-order chi connectivity index (χ1) is 6.96. The third kappa shape index (κ3) is 1.51. The lowest BCUT2D eigenvalue weighted by molar-refractivity contribution is -0.125. The molecular formula is C12H16ClNO. The highest BCUT2D eigenvalue weighted by atomic mass is 35.5. The lowest BCUT2D eigenvalue weighted by atomic mass is 9.72. The van der Waals surface area contributed by atoms with Gasteiger partial charge in [-0.3, -0.25) is 4.79 Å². The van der Waals surface area contributed by atoms with Crippen LogP contribution in [0.4, 0.5) is 0 Å². The summed E-state index contributed by atoms with van der Waals surface area (Å²) in [7, 11) is 1.82. The number of likely N-dealkylation sites (N-methyl/N-ethyl adjacent to an activating group) is 1. The summed E-state index contributed by atoms with van der Waals surface area (Å²) < 4.78 is 0. The average molecular weight is 226 g/mol. The number of fused-ring (bicyclic) bond motifs is 1. The molecule has 1 aliphatic carbocycles. The van der Waals surface area contributed by atoms with Gasteiger partial charge in [-0.15, -0.1) is 0 Å². The van der Waals surface area contributed by atoms with Crippen LogP contribution in [-0.2, 0) is 4.79 Å². The van der Waals surface area contributed by atoms with Crippen molar-refractivity contribution in [1.82, 2.24) is 4.90 Å². The molecule has 2 aliphatic rings. The Kier molecular flexibility index (Phi) is 2.42. The van der Waals surface area contributed by atoms with Crippen molar-refractivity contribution < 1.29 is 4.79 Å². The fraction of sp³-hybridized carbons (Fsp3) is 0.583. The van der Waals surface area contributed by atoms with Gasteiger partial charge in [-0.1, -0.05) is 24.1 Å². The minimum absolute atomic E-state index is 0.0396. The van der Waals surface area contributed by atoms with Gasteiger partial charge in [-0.2, -0.15) is 0 Å². The number of amides is 1. The van der Waals surface area contributed by atoms with Crippen LogP contribution >= 0.6 is 11.6 Å².